The highest BCUT2D eigenvalue weighted by molar-refractivity contribution is 7.89. The molecule has 122 valence electrons. The quantitative estimate of drug-likeness (QED) is 0.759. The van der Waals surface area contributed by atoms with Crippen LogP contribution in [0.15, 0.2) is 60.0 Å². The van der Waals surface area contributed by atoms with Gasteiger partial charge in [0.05, 0.1) is 24.8 Å². The van der Waals surface area contributed by atoms with Crippen LogP contribution >= 0.6 is 0 Å². The Kier molecular flexibility index (Phi) is 5.25. The Morgan fingerprint density at radius 3 is 2.35 bits per heavy atom. The van der Waals surface area contributed by atoms with Gasteiger partial charge >= 0.3 is 0 Å². The molecule has 0 heterocycles. The molecule has 0 spiro atoms. The summed E-state index contributed by atoms with van der Waals surface area (Å²) in [6.07, 6.45) is 0. The van der Waals surface area contributed by atoms with Crippen molar-refractivity contribution in [3.05, 3.63) is 60.7 Å². The maximum atomic E-state index is 12.2. The lowest BCUT2D eigenvalue weighted by Gasteiger charge is -2.15. The number of rotatable bonds is 7. The zero-order valence-corrected chi connectivity index (χ0v) is 13.7. The maximum absolute atomic E-state index is 12.2. The van der Waals surface area contributed by atoms with Gasteiger partial charge in [0.2, 0.25) is 0 Å². The van der Waals surface area contributed by atoms with E-state index in [1.807, 2.05) is 0 Å². The third-order valence-electron chi connectivity index (χ3n) is 3.12. The lowest BCUT2D eigenvalue weighted by molar-refractivity contribution is 0.393. The van der Waals surface area contributed by atoms with Gasteiger partial charge in [0.1, 0.15) is 11.5 Å². The molecule has 7 heteroatoms. The van der Waals surface area contributed by atoms with Gasteiger partial charge in [-0.1, -0.05) is 24.8 Å². The van der Waals surface area contributed by atoms with Crippen LogP contribution in [0, 0.1) is 0 Å². The number of ether oxygens (including phenoxy) is 2. The van der Waals surface area contributed by atoms with Crippen molar-refractivity contribution in [2.45, 2.75) is 4.90 Å². The second kappa shape index (κ2) is 7.17. The lowest BCUT2D eigenvalue weighted by atomic mass is 10.1. The van der Waals surface area contributed by atoms with Crippen LogP contribution in [0.4, 0.5) is 0 Å². The summed E-state index contributed by atoms with van der Waals surface area (Å²) in [5, 5.41) is 0. The highest BCUT2D eigenvalue weighted by atomic mass is 32.2. The van der Waals surface area contributed by atoms with Crippen LogP contribution in [0.3, 0.4) is 0 Å². The van der Waals surface area contributed by atoms with Gasteiger partial charge in [0.25, 0.3) is 10.0 Å². The van der Waals surface area contributed by atoms with Crippen LogP contribution in [-0.2, 0) is 10.0 Å². The zero-order valence-electron chi connectivity index (χ0n) is 12.9. The minimum absolute atomic E-state index is 0.155. The van der Waals surface area contributed by atoms with Crippen LogP contribution in [0.5, 0.6) is 11.5 Å². The summed E-state index contributed by atoms with van der Waals surface area (Å²) in [4.78, 5) is 2.44. The van der Waals surface area contributed by atoms with Crippen molar-refractivity contribution in [2.75, 3.05) is 14.2 Å². The molecule has 6 nitrogen and oxygen atoms in total. The van der Waals surface area contributed by atoms with Crippen LogP contribution in [0.25, 0.3) is 5.70 Å². The van der Waals surface area contributed by atoms with Crippen molar-refractivity contribution in [1.82, 2.24) is 10.3 Å². The number of nitrogens with one attached hydrogen (secondary N) is 2. The molecular formula is C16H18N2O4S. The summed E-state index contributed by atoms with van der Waals surface area (Å²) < 4.78 is 34.7. The Morgan fingerprint density at radius 2 is 1.74 bits per heavy atom. The largest absolute Gasteiger partial charge is 0.497 e. The van der Waals surface area contributed by atoms with Gasteiger partial charge < -0.3 is 14.9 Å². The van der Waals surface area contributed by atoms with Crippen molar-refractivity contribution in [1.29, 1.82) is 0 Å². The summed E-state index contributed by atoms with van der Waals surface area (Å²) in [6, 6.07) is 13.2. The first-order valence-electron chi connectivity index (χ1n) is 6.72. The van der Waals surface area contributed by atoms with E-state index in [0.29, 0.717) is 22.8 Å². The minimum atomic E-state index is -3.68. The van der Waals surface area contributed by atoms with E-state index in [-0.39, 0.29) is 4.90 Å². The topological polar surface area (TPSA) is 76.7 Å². The standard InChI is InChI=1S/C16H18N2O4S/c1-12(15-10-9-13(21-2)11-16(15)22-3)17-18-23(19,20)14-7-5-4-6-8-14/h4-11,17-18H,1H2,2-3H3. The molecule has 0 amide bonds. The van der Waals surface area contributed by atoms with Crippen LogP contribution in [0.2, 0.25) is 0 Å². The molecule has 0 saturated carbocycles. The van der Waals surface area contributed by atoms with E-state index in [9.17, 15) is 8.42 Å². The van der Waals surface area contributed by atoms with Gasteiger partial charge in [-0.2, -0.15) is 0 Å². The Labute approximate surface area is 135 Å². The normalized spacial score (nSPS) is 10.9. The van der Waals surface area contributed by atoms with Crippen molar-refractivity contribution >= 4 is 15.7 Å². The third-order valence-corrected chi connectivity index (χ3v) is 4.39. The molecule has 0 unspecified atom stereocenters. The number of hydrogen-bond donors (Lipinski definition) is 2. The molecule has 2 aromatic carbocycles. The summed E-state index contributed by atoms with van der Waals surface area (Å²) in [6.45, 7) is 3.83. The van der Waals surface area contributed by atoms with Crippen molar-refractivity contribution < 1.29 is 17.9 Å². The van der Waals surface area contributed by atoms with E-state index in [0.717, 1.165) is 0 Å². The number of methoxy groups -OCH3 is 2. The molecular weight excluding hydrogens is 316 g/mol. The number of hydrogen-bond acceptors (Lipinski definition) is 5. The minimum Gasteiger partial charge on any atom is -0.497 e. The highest BCUT2D eigenvalue weighted by Crippen LogP contribution is 2.28. The molecule has 0 fully saturated rings. The predicted molar refractivity (Wildman–Crippen MR) is 88.5 cm³/mol. The van der Waals surface area contributed by atoms with Gasteiger partial charge in [-0.15, -0.1) is 4.83 Å². The number of hydrazine groups is 1. The van der Waals surface area contributed by atoms with Crippen molar-refractivity contribution in [3.63, 3.8) is 0 Å². The predicted octanol–water partition coefficient (Wildman–Crippen LogP) is 2.16. The summed E-state index contributed by atoms with van der Waals surface area (Å²) in [5.41, 5.74) is 3.56. The van der Waals surface area contributed by atoms with E-state index in [4.69, 9.17) is 9.47 Å². The van der Waals surface area contributed by atoms with Crippen LogP contribution < -0.4 is 19.7 Å². The molecule has 2 aromatic rings. The summed E-state index contributed by atoms with van der Waals surface area (Å²) in [7, 11) is -0.619. The summed E-state index contributed by atoms with van der Waals surface area (Å²) in [5.74, 6) is 1.14. The first-order chi connectivity index (χ1) is 11.0. The first kappa shape index (κ1) is 16.9. The van der Waals surface area contributed by atoms with E-state index < -0.39 is 10.0 Å². The van der Waals surface area contributed by atoms with Crippen molar-refractivity contribution in [3.8, 4) is 11.5 Å². The van der Waals surface area contributed by atoms with Crippen molar-refractivity contribution in [2.24, 2.45) is 0 Å². The average molecular weight is 334 g/mol. The molecule has 0 atom stereocenters. The Bertz CT molecular complexity index is 789. The molecule has 0 aromatic heterocycles. The third kappa shape index (κ3) is 4.02. The Hall–Kier alpha value is -2.51. The first-order valence-corrected chi connectivity index (χ1v) is 8.20. The molecule has 0 aliphatic rings. The second-order valence-electron chi connectivity index (χ2n) is 4.59. The molecule has 23 heavy (non-hydrogen) atoms. The Balaban J connectivity index is 2.14. The van der Waals surface area contributed by atoms with Gasteiger partial charge in [-0.3, -0.25) is 0 Å². The molecule has 0 aliphatic carbocycles. The molecule has 2 rings (SSSR count). The Morgan fingerprint density at radius 1 is 1.04 bits per heavy atom. The molecule has 0 bridgehead atoms. The molecule has 0 radical (unpaired) electrons. The van der Waals surface area contributed by atoms with E-state index in [1.54, 1.807) is 43.5 Å². The monoisotopic (exact) mass is 334 g/mol. The number of benzene rings is 2. The van der Waals surface area contributed by atoms with Gasteiger partial charge in [0.15, 0.2) is 0 Å². The fraction of sp³-hybridized carbons (Fsp3) is 0.125. The van der Waals surface area contributed by atoms with Gasteiger partial charge in [-0.25, -0.2) is 8.42 Å². The fourth-order valence-electron chi connectivity index (χ4n) is 1.90. The average Bonchev–Trinajstić information content (AvgIpc) is 2.59. The van der Waals surface area contributed by atoms with E-state index >= 15 is 0 Å². The van der Waals surface area contributed by atoms with E-state index in [1.165, 1.54) is 19.2 Å². The van der Waals surface area contributed by atoms with Crippen LogP contribution in [-0.4, -0.2) is 22.6 Å². The summed E-state index contributed by atoms with van der Waals surface area (Å²) >= 11 is 0. The smallest absolute Gasteiger partial charge is 0.257 e. The molecule has 2 N–H and O–H groups in total. The van der Waals surface area contributed by atoms with Gasteiger partial charge in [0, 0.05) is 11.6 Å². The van der Waals surface area contributed by atoms with Crippen LogP contribution in [0.1, 0.15) is 5.56 Å². The highest BCUT2D eigenvalue weighted by Gasteiger charge is 2.14. The SMILES string of the molecule is C=C(NNS(=O)(=O)c1ccccc1)c1ccc(OC)cc1OC. The van der Waals surface area contributed by atoms with E-state index in [2.05, 4.69) is 16.8 Å². The fourth-order valence-corrected chi connectivity index (χ4v) is 2.79. The number of sulfonamides is 1. The lowest BCUT2D eigenvalue weighted by Crippen LogP contribution is -2.35. The molecule has 0 saturated heterocycles. The van der Waals surface area contributed by atoms with Gasteiger partial charge in [-0.05, 0) is 24.3 Å². The maximum Gasteiger partial charge on any atom is 0.257 e. The zero-order chi connectivity index (χ0) is 16.9. The molecule has 0 aliphatic heterocycles. The second-order valence-corrected chi connectivity index (χ2v) is 6.27.